The van der Waals surface area contributed by atoms with Crippen molar-refractivity contribution in [3.05, 3.63) is 95.1 Å². The summed E-state index contributed by atoms with van der Waals surface area (Å²) in [6, 6.07) is 23.7. The molecule has 0 spiro atoms. The van der Waals surface area contributed by atoms with Crippen LogP contribution in [0.25, 0.3) is 0 Å². The lowest BCUT2D eigenvalue weighted by Crippen LogP contribution is -2.39. The molecule has 1 N–H and O–H groups in total. The zero-order chi connectivity index (χ0) is 23.2. The number of carboxylic acid groups (broad SMARTS) is 1. The van der Waals surface area contributed by atoms with Gasteiger partial charge in [-0.1, -0.05) is 66.2 Å². The van der Waals surface area contributed by atoms with Gasteiger partial charge in [0.1, 0.15) is 12.6 Å². The number of nitrogens with zero attached hydrogens (tertiary/aromatic N) is 1. The Labute approximate surface area is 195 Å². The van der Waals surface area contributed by atoms with Crippen LogP contribution in [0.4, 0.5) is 0 Å². The van der Waals surface area contributed by atoms with Crippen molar-refractivity contribution in [3.8, 4) is 11.5 Å². The van der Waals surface area contributed by atoms with Crippen molar-refractivity contribution in [2.45, 2.75) is 45.4 Å². The number of hydrogen-bond acceptors (Lipinski definition) is 4. The van der Waals surface area contributed by atoms with Crippen LogP contribution in [0.15, 0.2) is 72.8 Å². The van der Waals surface area contributed by atoms with E-state index in [2.05, 4.69) is 36.1 Å². The van der Waals surface area contributed by atoms with E-state index >= 15 is 0 Å². The topological polar surface area (TPSA) is 59.0 Å². The van der Waals surface area contributed by atoms with Gasteiger partial charge in [0, 0.05) is 6.54 Å². The molecule has 1 fully saturated rings. The molecule has 0 amide bonds. The largest absolute Gasteiger partial charge is 0.490 e. The van der Waals surface area contributed by atoms with E-state index in [-0.39, 0.29) is 6.04 Å². The Hall–Kier alpha value is -3.31. The number of hydrogen-bond donors (Lipinski definition) is 1. The molecule has 33 heavy (non-hydrogen) atoms. The first kappa shape index (κ1) is 22.9. The fourth-order valence-corrected chi connectivity index (χ4v) is 4.50. The lowest BCUT2D eigenvalue weighted by molar-refractivity contribution is -0.142. The number of rotatable bonds is 9. The monoisotopic (exact) mass is 445 g/mol. The summed E-state index contributed by atoms with van der Waals surface area (Å²) in [6.07, 6.45) is 1.53. The van der Waals surface area contributed by atoms with Crippen LogP contribution >= 0.6 is 0 Å². The van der Waals surface area contributed by atoms with E-state index in [9.17, 15) is 9.90 Å². The minimum absolute atomic E-state index is 0.170. The fourth-order valence-electron chi connectivity index (χ4n) is 4.50. The van der Waals surface area contributed by atoms with Gasteiger partial charge in [-0.15, -0.1) is 0 Å². The van der Waals surface area contributed by atoms with Gasteiger partial charge in [0.25, 0.3) is 0 Å². The molecule has 0 saturated carbocycles. The summed E-state index contributed by atoms with van der Waals surface area (Å²) < 4.78 is 12.0. The summed E-state index contributed by atoms with van der Waals surface area (Å²) in [7, 11) is 0. The molecule has 1 aliphatic rings. The van der Waals surface area contributed by atoms with Crippen LogP contribution in [0.1, 0.15) is 48.1 Å². The van der Waals surface area contributed by atoms with Crippen molar-refractivity contribution in [1.29, 1.82) is 0 Å². The first-order valence-electron chi connectivity index (χ1n) is 11.6. The lowest BCUT2D eigenvalue weighted by atomic mass is 9.95. The molecule has 3 aromatic carbocycles. The van der Waals surface area contributed by atoms with E-state index < -0.39 is 12.0 Å². The van der Waals surface area contributed by atoms with Gasteiger partial charge in [-0.05, 0) is 55.5 Å². The standard InChI is InChI=1S/C28H31NO4/c1-3-32-26-18-23(15-16-25(26)33-19-21-8-5-4-6-9-21)27(22-13-11-20(2)12-14-22)29-17-7-10-24(29)28(30)31/h4-6,8-9,11-16,18,24,27H,3,7,10,17,19H2,1-2H3,(H,30,31). The molecule has 2 atom stereocenters. The van der Waals surface area contributed by atoms with Gasteiger partial charge < -0.3 is 14.6 Å². The molecule has 3 aromatic rings. The zero-order valence-electron chi connectivity index (χ0n) is 19.2. The molecule has 1 heterocycles. The number of aryl methyl sites for hydroxylation is 1. The molecular weight excluding hydrogens is 414 g/mol. The highest BCUT2D eigenvalue weighted by Crippen LogP contribution is 2.39. The Kier molecular flexibility index (Phi) is 7.30. The highest BCUT2D eigenvalue weighted by atomic mass is 16.5. The molecule has 1 aliphatic heterocycles. The molecule has 5 heteroatoms. The fraction of sp³-hybridized carbons (Fsp3) is 0.321. The van der Waals surface area contributed by atoms with Crippen molar-refractivity contribution >= 4 is 5.97 Å². The predicted octanol–water partition coefficient (Wildman–Crippen LogP) is 5.61. The van der Waals surface area contributed by atoms with Crippen LogP contribution in [0, 0.1) is 6.92 Å². The summed E-state index contributed by atoms with van der Waals surface area (Å²) in [5.41, 5.74) is 4.34. The van der Waals surface area contributed by atoms with Crippen LogP contribution < -0.4 is 9.47 Å². The van der Waals surface area contributed by atoms with E-state index in [4.69, 9.17) is 9.47 Å². The third-order valence-corrected chi connectivity index (χ3v) is 6.12. The average molecular weight is 446 g/mol. The van der Waals surface area contributed by atoms with Crippen molar-refractivity contribution in [1.82, 2.24) is 4.90 Å². The molecule has 0 radical (unpaired) electrons. The minimum atomic E-state index is -0.766. The van der Waals surface area contributed by atoms with Gasteiger partial charge >= 0.3 is 5.97 Å². The third kappa shape index (κ3) is 5.37. The van der Waals surface area contributed by atoms with Gasteiger partial charge in [-0.3, -0.25) is 9.69 Å². The van der Waals surface area contributed by atoms with Gasteiger partial charge in [-0.25, -0.2) is 0 Å². The maximum absolute atomic E-state index is 12.0. The summed E-state index contributed by atoms with van der Waals surface area (Å²) >= 11 is 0. The molecule has 1 saturated heterocycles. The Morgan fingerprint density at radius 2 is 1.73 bits per heavy atom. The maximum Gasteiger partial charge on any atom is 0.320 e. The highest BCUT2D eigenvalue weighted by Gasteiger charge is 2.37. The number of aliphatic carboxylic acids is 1. The number of likely N-dealkylation sites (tertiary alicyclic amines) is 1. The lowest BCUT2D eigenvalue weighted by Gasteiger charge is -2.32. The van der Waals surface area contributed by atoms with E-state index in [0.29, 0.717) is 31.1 Å². The Bertz CT molecular complexity index is 1070. The third-order valence-electron chi connectivity index (χ3n) is 6.12. The first-order chi connectivity index (χ1) is 16.1. The van der Waals surface area contributed by atoms with E-state index in [1.807, 2.05) is 55.5 Å². The molecule has 172 valence electrons. The number of carboxylic acids is 1. The summed E-state index contributed by atoms with van der Waals surface area (Å²) in [6.45, 7) is 5.72. The molecule has 4 rings (SSSR count). The summed E-state index contributed by atoms with van der Waals surface area (Å²) in [5.74, 6) is 0.592. The van der Waals surface area contributed by atoms with Crippen LogP contribution in [0.2, 0.25) is 0 Å². The van der Waals surface area contributed by atoms with Crippen molar-refractivity contribution in [2.75, 3.05) is 13.2 Å². The smallest absolute Gasteiger partial charge is 0.320 e. The van der Waals surface area contributed by atoms with E-state index in [1.54, 1.807) is 0 Å². The van der Waals surface area contributed by atoms with Gasteiger partial charge in [0.05, 0.1) is 12.6 Å². The SMILES string of the molecule is CCOc1cc(C(c2ccc(C)cc2)N2CCCC2C(=O)O)ccc1OCc1ccccc1. The number of carbonyl (C=O) groups is 1. The maximum atomic E-state index is 12.0. The van der Waals surface area contributed by atoms with E-state index in [0.717, 1.165) is 29.7 Å². The highest BCUT2D eigenvalue weighted by molar-refractivity contribution is 5.74. The number of benzene rings is 3. The Morgan fingerprint density at radius 3 is 2.42 bits per heavy atom. The Morgan fingerprint density at radius 1 is 1.00 bits per heavy atom. The van der Waals surface area contributed by atoms with Crippen LogP contribution in [0.5, 0.6) is 11.5 Å². The van der Waals surface area contributed by atoms with Gasteiger partial charge in [0.2, 0.25) is 0 Å². The van der Waals surface area contributed by atoms with Crippen LogP contribution in [0.3, 0.4) is 0 Å². The van der Waals surface area contributed by atoms with Crippen molar-refractivity contribution in [2.24, 2.45) is 0 Å². The second-order valence-electron chi connectivity index (χ2n) is 8.46. The summed E-state index contributed by atoms with van der Waals surface area (Å²) in [4.78, 5) is 14.1. The normalized spacial score (nSPS) is 17.0. The molecule has 5 nitrogen and oxygen atoms in total. The molecule has 0 aromatic heterocycles. The molecular formula is C28H31NO4. The minimum Gasteiger partial charge on any atom is -0.490 e. The second-order valence-corrected chi connectivity index (χ2v) is 8.46. The number of ether oxygens (including phenoxy) is 2. The van der Waals surface area contributed by atoms with Gasteiger partial charge in [-0.2, -0.15) is 0 Å². The molecule has 2 unspecified atom stereocenters. The van der Waals surface area contributed by atoms with E-state index in [1.165, 1.54) is 5.56 Å². The van der Waals surface area contributed by atoms with Crippen molar-refractivity contribution < 1.29 is 19.4 Å². The van der Waals surface area contributed by atoms with Crippen LogP contribution in [-0.2, 0) is 11.4 Å². The molecule has 0 bridgehead atoms. The Balaban J connectivity index is 1.69. The zero-order valence-corrected chi connectivity index (χ0v) is 19.2. The second kappa shape index (κ2) is 10.5. The first-order valence-corrected chi connectivity index (χ1v) is 11.6. The molecule has 0 aliphatic carbocycles. The summed E-state index contributed by atoms with van der Waals surface area (Å²) in [5, 5.41) is 9.85. The average Bonchev–Trinajstić information content (AvgIpc) is 3.31. The quantitative estimate of drug-likeness (QED) is 0.464. The van der Waals surface area contributed by atoms with Crippen LogP contribution in [-0.4, -0.2) is 35.2 Å². The van der Waals surface area contributed by atoms with Crippen molar-refractivity contribution in [3.63, 3.8) is 0 Å². The predicted molar refractivity (Wildman–Crippen MR) is 129 cm³/mol. The van der Waals surface area contributed by atoms with Gasteiger partial charge in [0.15, 0.2) is 11.5 Å².